The number of carbonyl (C=O) groups excluding carboxylic acids is 2. The van der Waals surface area contributed by atoms with Crippen molar-refractivity contribution in [1.29, 1.82) is 0 Å². The topological polar surface area (TPSA) is 59.1 Å². The molecule has 1 saturated heterocycles. The average Bonchev–Trinajstić information content (AvgIpc) is 2.54. The van der Waals surface area contributed by atoms with Crippen LogP contribution >= 0.6 is 11.6 Å². The van der Waals surface area contributed by atoms with Gasteiger partial charge in [0.2, 0.25) is 0 Å². The van der Waals surface area contributed by atoms with Crippen molar-refractivity contribution >= 4 is 23.6 Å². The van der Waals surface area contributed by atoms with E-state index in [0.717, 1.165) is 0 Å². The number of ether oxygens (including phenoxy) is 2. The second kappa shape index (κ2) is 7.35. The van der Waals surface area contributed by atoms with Crippen LogP contribution in [0.2, 0.25) is 5.02 Å². The third-order valence-electron chi connectivity index (χ3n) is 3.49. The van der Waals surface area contributed by atoms with Crippen LogP contribution in [-0.2, 0) is 4.74 Å². The Labute approximate surface area is 134 Å². The molecule has 120 valence electrons. The summed E-state index contributed by atoms with van der Waals surface area (Å²) >= 11 is 6.05. The molecule has 0 unspecified atom stereocenters. The van der Waals surface area contributed by atoms with Gasteiger partial charge in [0.15, 0.2) is 0 Å². The van der Waals surface area contributed by atoms with E-state index in [0.29, 0.717) is 49.1 Å². The standard InChI is InChI=1S/C15H19ClN2O4/c1-3-22-15(20)18-8-6-17(7-9-18)14(19)11-4-5-13(21-2)12(16)10-11/h4-5,10H,3,6-9H2,1-2H3. The van der Waals surface area contributed by atoms with Gasteiger partial charge in [-0.25, -0.2) is 4.79 Å². The lowest BCUT2D eigenvalue weighted by atomic mass is 10.1. The summed E-state index contributed by atoms with van der Waals surface area (Å²) in [4.78, 5) is 27.4. The van der Waals surface area contributed by atoms with Crippen LogP contribution in [-0.4, -0.2) is 61.7 Å². The number of nitrogens with zero attached hydrogens (tertiary/aromatic N) is 2. The van der Waals surface area contributed by atoms with Crippen LogP contribution in [0.1, 0.15) is 17.3 Å². The number of hydrogen-bond acceptors (Lipinski definition) is 4. The Morgan fingerprint density at radius 1 is 1.18 bits per heavy atom. The van der Waals surface area contributed by atoms with Crippen molar-refractivity contribution in [1.82, 2.24) is 9.80 Å². The number of amides is 2. The van der Waals surface area contributed by atoms with Gasteiger partial charge >= 0.3 is 6.09 Å². The average molecular weight is 327 g/mol. The van der Waals surface area contributed by atoms with Crippen molar-refractivity contribution in [3.05, 3.63) is 28.8 Å². The zero-order valence-corrected chi connectivity index (χ0v) is 13.4. The van der Waals surface area contributed by atoms with Crippen LogP contribution < -0.4 is 4.74 Å². The molecule has 7 heteroatoms. The van der Waals surface area contributed by atoms with Crippen molar-refractivity contribution < 1.29 is 19.1 Å². The summed E-state index contributed by atoms with van der Waals surface area (Å²) in [5.74, 6) is 0.429. The summed E-state index contributed by atoms with van der Waals surface area (Å²) in [6.07, 6.45) is -0.331. The molecular formula is C15H19ClN2O4. The second-order valence-corrected chi connectivity index (χ2v) is 5.23. The molecule has 0 radical (unpaired) electrons. The molecule has 1 aromatic rings. The molecule has 0 N–H and O–H groups in total. The number of piperazine rings is 1. The maximum absolute atomic E-state index is 12.4. The molecule has 22 heavy (non-hydrogen) atoms. The largest absolute Gasteiger partial charge is 0.495 e. The van der Waals surface area contributed by atoms with Gasteiger partial charge in [-0.05, 0) is 25.1 Å². The summed E-state index contributed by atoms with van der Waals surface area (Å²) in [5, 5.41) is 0.401. The maximum atomic E-state index is 12.4. The molecule has 1 aliphatic heterocycles. The van der Waals surface area contributed by atoms with E-state index in [2.05, 4.69) is 0 Å². The van der Waals surface area contributed by atoms with Crippen molar-refractivity contribution in [2.75, 3.05) is 39.9 Å². The lowest BCUT2D eigenvalue weighted by molar-refractivity contribution is 0.0570. The van der Waals surface area contributed by atoms with E-state index in [1.165, 1.54) is 7.11 Å². The SMILES string of the molecule is CCOC(=O)N1CCN(C(=O)c2ccc(OC)c(Cl)c2)CC1. The minimum absolute atomic E-state index is 0.104. The van der Waals surface area contributed by atoms with Crippen molar-refractivity contribution in [2.45, 2.75) is 6.92 Å². The molecule has 2 rings (SSSR count). The third kappa shape index (κ3) is 3.62. The highest BCUT2D eigenvalue weighted by atomic mass is 35.5. The summed E-state index contributed by atoms with van der Waals surface area (Å²) in [6, 6.07) is 4.95. The molecule has 0 atom stereocenters. The van der Waals surface area contributed by atoms with Gasteiger partial charge in [0.1, 0.15) is 5.75 Å². The summed E-state index contributed by atoms with van der Waals surface area (Å²) in [7, 11) is 1.53. The predicted molar refractivity (Wildman–Crippen MR) is 82.5 cm³/mol. The Balaban J connectivity index is 1.98. The molecule has 1 heterocycles. The molecular weight excluding hydrogens is 308 g/mol. The van der Waals surface area contributed by atoms with Crippen LogP contribution in [0.4, 0.5) is 4.79 Å². The Kier molecular flexibility index (Phi) is 5.49. The van der Waals surface area contributed by atoms with Crippen LogP contribution in [0.3, 0.4) is 0 Å². The first-order valence-electron chi connectivity index (χ1n) is 7.11. The minimum atomic E-state index is -0.331. The molecule has 0 bridgehead atoms. The third-order valence-corrected chi connectivity index (χ3v) is 3.79. The quantitative estimate of drug-likeness (QED) is 0.855. The van der Waals surface area contributed by atoms with Crippen LogP contribution in [0.5, 0.6) is 5.75 Å². The summed E-state index contributed by atoms with van der Waals surface area (Å²) in [6.45, 7) is 4.00. The van der Waals surface area contributed by atoms with Crippen molar-refractivity contribution in [3.8, 4) is 5.75 Å². The first-order valence-corrected chi connectivity index (χ1v) is 7.49. The molecule has 0 spiro atoms. The fraction of sp³-hybridized carbons (Fsp3) is 0.467. The van der Waals surface area contributed by atoms with E-state index < -0.39 is 0 Å². The molecule has 1 aromatic carbocycles. The fourth-order valence-corrected chi connectivity index (χ4v) is 2.55. The number of carbonyl (C=O) groups is 2. The van der Waals surface area contributed by atoms with Gasteiger partial charge in [0, 0.05) is 31.7 Å². The molecule has 1 fully saturated rings. The maximum Gasteiger partial charge on any atom is 0.409 e. The second-order valence-electron chi connectivity index (χ2n) is 4.83. The lowest BCUT2D eigenvalue weighted by Crippen LogP contribution is -2.50. The van der Waals surface area contributed by atoms with Gasteiger partial charge in [-0.2, -0.15) is 0 Å². The van der Waals surface area contributed by atoms with Gasteiger partial charge in [-0.3, -0.25) is 4.79 Å². The Bertz CT molecular complexity index is 556. The monoisotopic (exact) mass is 326 g/mol. The smallest absolute Gasteiger partial charge is 0.409 e. The van der Waals surface area contributed by atoms with Gasteiger partial charge in [-0.15, -0.1) is 0 Å². The van der Waals surface area contributed by atoms with Gasteiger partial charge in [-0.1, -0.05) is 11.6 Å². The van der Waals surface area contributed by atoms with E-state index >= 15 is 0 Å². The molecule has 0 aromatic heterocycles. The minimum Gasteiger partial charge on any atom is -0.495 e. The zero-order chi connectivity index (χ0) is 16.1. The van der Waals surface area contributed by atoms with Crippen LogP contribution in [0.15, 0.2) is 18.2 Å². The predicted octanol–water partition coefficient (Wildman–Crippen LogP) is 2.26. The first-order chi connectivity index (χ1) is 10.6. The van der Waals surface area contributed by atoms with E-state index in [4.69, 9.17) is 21.1 Å². The Morgan fingerprint density at radius 3 is 2.36 bits per heavy atom. The number of hydrogen-bond donors (Lipinski definition) is 0. The highest BCUT2D eigenvalue weighted by Gasteiger charge is 2.25. The lowest BCUT2D eigenvalue weighted by Gasteiger charge is -2.34. The van der Waals surface area contributed by atoms with Crippen molar-refractivity contribution in [2.24, 2.45) is 0 Å². The zero-order valence-electron chi connectivity index (χ0n) is 12.7. The summed E-state index contributed by atoms with van der Waals surface area (Å²) in [5.41, 5.74) is 0.510. The fourth-order valence-electron chi connectivity index (χ4n) is 2.29. The normalized spacial score (nSPS) is 14.7. The number of rotatable bonds is 3. The van der Waals surface area contributed by atoms with E-state index in [9.17, 15) is 9.59 Å². The first kappa shape index (κ1) is 16.4. The Morgan fingerprint density at radius 2 is 1.82 bits per heavy atom. The van der Waals surface area contributed by atoms with Gasteiger partial charge in [0.25, 0.3) is 5.91 Å². The molecule has 2 amide bonds. The molecule has 0 aliphatic carbocycles. The highest BCUT2D eigenvalue weighted by Crippen LogP contribution is 2.25. The summed E-state index contributed by atoms with van der Waals surface area (Å²) < 4.78 is 10.0. The van der Waals surface area contributed by atoms with E-state index in [1.54, 1.807) is 34.9 Å². The number of methoxy groups -OCH3 is 1. The van der Waals surface area contributed by atoms with Gasteiger partial charge in [0.05, 0.1) is 18.7 Å². The number of halogens is 1. The van der Waals surface area contributed by atoms with Crippen LogP contribution in [0, 0.1) is 0 Å². The molecule has 1 aliphatic rings. The molecule has 0 saturated carbocycles. The van der Waals surface area contributed by atoms with Crippen molar-refractivity contribution in [3.63, 3.8) is 0 Å². The van der Waals surface area contributed by atoms with Crippen LogP contribution in [0.25, 0.3) is 0 Å². The highest BCUT2D eigenvalue weighted by molar-refractivity contribution is 6.32. The van der Waals surface area contributed by atoms with E-state index in [-0.39, 0.29) is 12.0 Å². The van der Waals surface area contributed by atoms with Gasteiger partial charge < -0.3 is 19.3 Å². The Hall–Kier alpha value is -1.95. The van der Waals surface area contributed by atoms with E-state index in [1.807, 2.05) is 0 Å². The molecule has 6 nitrogen and oxygen atoms in total. The number of benzene rings is 1.